The number of benzene rings is 2. The van der Waals surface area contributed by atoms with Crippen molar-refractivity contribution in [2.24, 2.45) is 0 Å². The third-order valence-electron chi connectivity index (χ3n) is 6.46. The Kier molecular flexibility index (Phi) is 8.49. The Balaban J connectivity index is 1.31. The summed E-state index contributed by atoms with van der Waals surface area (Å²) in [5, 5.41) is 3.02. The lowest BCUT2D eigenvalue weighted by Gasteiger charge is -2.33. The Morgan fingerprint density at radius 3 is 2.31 bits per heavy atom. The van der Waals surface area contributed by atoms with Gasteiger partial charge in [0.1, 0.15) is 5.76 Å². The second-order valence-corrected chi connectivity index (χ2v) is 10.4. The van der Waals surface area contributed by atoms with E-state index in [2.05, 4.69) is 27.0 Å². The lowest BCUT2D eigenvalue weighted by molar-refractivity contribution is 0.0938. The number of rotatable bonds is 9. The zero-order valence-corrected chi connectivity index (χ0v) is 21.6. The first kappa shape index (κ1) is 25.3. The SMILES string of the molecule is CCN1CCN(CCNC(=O)c2ccc(-c3nc(C[S@@](=O)c4ccc(C)cc4)c(C)o3)cc2)CC1. The van der Waals surface area contributed by atoms with Gasteiger partial charge in [-0.2, -0.15) is 0 Å². The predicted octanol–water partition coefficient (Wildman–Crippen LogP) is 3.63. The van der Waals surface area contributed by atoms with Gasteiger partial charge in [-0.05, 0) is 56.8 Å². The molecule has 1 aliphatic heterocycles. The first-order chi connectivity index (χ1) is 16.9. The highest BCUT2D eigenvalue weighted by molar-refractivity contribution is 7.84. The van der Waals surface area contributed by atoms with E-state index in [0.717, 1.165) is 55.3 Å². The van der Waals surface area contributed by atoms with Gasteiger partial charge in [0.15, 0.2) is 0 Å². The predicted molar refractivity (Wildman–Crippen MR) is 139 cm³/mol. The highest BCUT2D eigenvalue weighted by Crippen LogP contribution is 2.24. The molecular formula is C27H34N4O3S. The number of carbonyl (C=O) groups excluding carboxylic acids is 1. The fourth-order valence-corrected chi connectivity index (χ4v) is 5.23. The van der Waals surface area contributed by atoms with E-state index in [0.29, 0.717) is 35.2 Å². The molecule has 3 aromatic rings. The summed E-state index contributed by atoms with van der Waals surface area (Å²) in [5.74, 6) is 1.34. The molecule has 1 saturated heterocycles. The quantitative estimate of drug-likeness (QED) is 0.489. The molecule has 1 amide bonds. The van der Waals surface area contributed by atoms with Crippen molar-refractivity contribution >= 4 is 16.7 Å². The number of likely N-dealkylation sites (N-methyl/N-ethyl adjacent to an activating group) is 1. The van der Waals surface area contributed by atoms with E-state index in [9.17, 15) is 9.00 Å². The minimum atomic E-state index is -1.20. The summed E-state index contributed by atoms with van der Waals surface area (Å²) in [6, 6.07) is 14.9. The second-order valence-electron chi connectivity index (χ2n) is 8.93. The van der Waals surface area contributed by atoms with Crippen LogP contribution in [0.3, 0.4) is 0 Å². The van der Waals surface area contributed by atoms with E-state index < -0.39 is 10.8 Å². The summed E-state index contributed by atoms with van der Waals surface area (Å²) in [6.07, 6.45) is 0. The molecular weight excluding hydrogens is 460 g/mol. The van der Waals surface area contributed by atoms with Crippen LogP contribution in [0.2, 0.25) is 0 Å². The molecule has 0 saturated carbocycles. The topological polar surface area (TPSA) is 78.7 Å². The number of nitrogens with zero attached hydrogens (tertiary/aromatic N) is 3. The summed E-state index contributed by atoms with van der Waals surface area (Å²) < 4.78 is 18.6. The molecule has 0 radical (unpaired) electrons. The molecule has 0 bridgehead atoms. The molecule has 35 heavy (non-hydrogen) atoms. The zero-order chi connectivity index (χ0) is 24.8. The Hall–Kier alpha value is -2.81. The van der Waals surface area contributed by atoms with Crippen molar-refractivity contribution in [3.63, 3.8) is 0 Å². The Morgan fingerprint density at radius 2 is 1.66 bits per heavy atom. The van der Waals surface area contributed by atoms with Crippen LogP contribution in [0.1, 0.15) is 34.3 Å². The van der Waals surface area contributed by atoms with Gasteiger partial charge in [-0.25, -0.2) is 4.98 Å². The van der Waals surface area contributed by atoms with Crippen molar-refractivity contribution < 1.29 is 13.4 Å². The third-order valence-corrected chi connectivity index (χ3v) is 7.80. The minimum Gasteiger partial charge on any atom is -0.441 e. The molecule has 2 heterocycles. The minimum absolute atomic E-state index is 0.0819. The van der Waals surface area contributed by atoms with Gasteiger partial charge in [0.05, 0.1) is 22.2 Å². The number of oxazole rings is 1. The van der Waals surface area contributed by atoms with Crippen LogP contribution in [-0.4, -0.2) is 70.7 Å². The average Bonchev–Trinajstić information content (AvgIpc) is 3.24. The molecule has 1 fully saturated rings. The monoisotopic (exact) mass is 494 g/mol. The summed E-state index contributed by atoms with van der Waals surface area (Å²) in [7, 11) is -1.20. The van der Waals surface area contributed by atoms with E-state index in [1.807, 2.05) is 50.2 Å². The zero-order valence-electron chi connectivity index (χ0n) is 20.8. The maximum atomic E-state index is 12.7. The molecule has 4 rings (SSSR count). The van der Waals surface area contributed by atoms with Crippen LogP contribution in [-0.2, 0) is 16.6 Å². The maximum Gasteiger partial charge on any atom is 0.251 e. The fourth-order valence-electron chi connectivity index (χ4n) is 4.11. The highest BCUT2D eigenvalue weighted by atomic mass is 32.2. The van der Waals surface area contributed by atoms with E-state index in [1.54, 1.807) is 12.1 Å². The smallest absolute Gasteiger partial charge is 0.251 e. The van der Waals surface area contributed by atoms with Gasteiger partial charge in [0.25, 0.3) is 5.91 Å². The normalized spacial score (nSPS) is 15.7. The van der Waals surface area contributed by atoms with E-state index in [1.165, 1.54) is 0 Å². The fraction of sp³-hybridized carbons (Fsp3) is 0.407. The molecule has 0 aliphatic carbocycles. The van der Waals surface area contributed by atoms with Crippen LogP contribution < -0.4 is 5.32 Å². The van der Waals surface area contributed by atoms with Gasteiger partial charge < -0.3 is 14.6 Å². The van der Waals surface area contributed by atoms with Crippen LogP contribution in [0.4, 0.5) is 0 Å². The summed E-state index contributed by atoms with van der Waals surface area (Å²) in [6.45, 7) is 12.9. The lowest BCUT2D eigenvalue weighted by Crippen LogP contribution is -2.48. The molecule has 1 aliphatic rings. The van der Waals surface area contributed by atoms with E-state index in [-0.39, 0.29) is 5.91 Å². The first-order valence-electron chi connectivity index (χ1n) is 12.2. The maximum absolute atomic E-state index is 12.7. The van der Waals surface area contributed by atoms with Crippen LogP contribution in [0.25, 0.3) is 11.5 Å². The molecule has 8 heteroatoms. The molecule has 1 N–H and O–H groups in total. The van der Waals surface area contributed by atoms with Crippen LogP contribution in [0.5, 0.6) is 0 Å². The number of hydrogen-bond acceptors (Lipinski definition) is 6. The third kappa shape index (κ3) is 6.66. The molecule has 1 atom stereocenters. The highest BCUT2D eigenvalue weighted by Gasteiger charge is 2.17. The van der Waals surface area contributed by atoms with Gasteiger partial charge in [-0.1, -0.05) is 24.6 Å². The van der Waals surface area contributed by atoms with Crippen molar-refractivity contribution in [3.05, 3.63) is 71.1 Å². The Labute approximate surface area is 210 Å². The van der Waals surface area contributed by atoms with Crippen molar-refractivity contribution in [2.75, 3.05) is 45.8 Å². The van der Waals surface area contributed by atoms with Crippen LogP contribution in [0.15, 0.2) is 57.8 Å². The van der Waals surface area contributed by atoms with Crippen LogP contribution >= 0.6 is 0 Å². The standard InChI is InChI=1S/C27H34N4O3S/c1-4-30-15-17-31(18-16-30)14-13-28-26(32)22-7-9-23(10-8-22)27-29-25(21(3)34-27)19-35(33)24-11-5-20(2)6-12-24/h5-12H,4,13-19H2,1-3H3,(H,28,32)/t35-/m1/s1. The summed E-state index contributed by atoms with van der Waals surface area (Å²) >= 11 is 0. The average molecular weight is 495 g/mol. The number of nitrogens with one attached hydrogen (secondary N) is 1. The first-order valence-corrected chi connectivity index (χ1v) is 13.5. The molecule has 186 valence electrons. The Morgan fingerprint density at radius 1 is 1.00 bits per heavy atom. The van der Waals surface area contributed by atoms with Gasteiger partial charge in [-0.3, -0.25) is 13.9 Å². The van der Waals surface area contributed by atoms with E-state index in [4.69, 9.17) is 4.42 Å². The van der Waals surface area contributed by atoms with Crippen molar-refractivity contribution in [2.45, 2.75) is 31.4 Å². The number of aromatic nitrogens is 1. The van der Waals surface area contributed by atoms with Gasteiger partial charge in [0.2, 0.25) is 5.89 Å². The largest absolute Gasteiger partial charge is 0.441 e. The molecule has 0 spiro atoms. The molecule has 7 nitrogen and oxygen atoms in total. The molecule has 1 aromatic heterocycles. The number of amides is 1. The van der Waals surface area contributed by atoms with Gasteiger partial charge in [-0.15, -0.1) is 0 Å². The number of hydrogen-bond donors (Lipinski definition) is 1. The van der Waals surface area contributed by atoms with Gasteiger partial charge >= 0.3 is 0 Å². The Bertz CT molecular complexity index is 1150. The molecule has 0 unspecified atom stereocenters. The van der Waals surface area contributed by atoms with Crippen molar-refractivity contribution in [1.82, 2.24) is 20.1 Å². The number of piperazine rings is 1. The summed E-state index contributed by atoms with van der Waals surface area (Å²) in [5.41, 5.74) is 3.20. The number of carbonyl (C=O) groups is 1. The second kappa shape index (κ2) is 11.7. The number of aryl methyl sites for hydroxylation is 2. The van der Waals surface area contributed by atoms with Crippen molar-refractivity contribution in [3.8, 4) is 11.5 Å². The summed E-state index contributed by atoms with van der Waals surface area (Å²) in [4.78, 5) is 22.7. The van der Waals surface area contributed by atoms with Crippen molar-refractivity contribution in [1.29, 1.82) is 0 Å². The van der Waals surface area contributed by atoms with Gasteiger partial charge in [0, 0.05) is 55.3 Å². The van der Waals surface area contributed by atoms with E-state index >= 15 is 0 Å². The lowest BCUT2D eigenvalue weighted by atomic mass is 10.1. The molecule has 2 aromatic carbocycles. The van der Waals surface area contributed by atoms with Crippen LogP contribution in [0, 0.1) is 13.8 Å².